The van der Waals surface area contributed by atoms with Crippen molar-refractivity contribution in [2.45, 2.75) is 13.5 Å². The average Bonchev–Trinajstić information content (AvgIpc) is 2.66. The molecule has 0 atom stereocenters. The lowest BCUT2D eigenvalue weighted by Crippen LogP contribution is -2.04. The molecular weight excluding hydrogens is 186 g/mol. The lowest BCUT2D eigenvalue weighted by Gasteiger charge is -2.02. The van der Waals surface area contributed by atoms with Crippen LogP contribution in [0.3, 0.4) is 0 Å². The van der Waals surface area contributed by atoms with Crippen molar-refractivity contribution in [2.75, 3.05) is 7.05 Å². The lowest BCUT2D eigenvalue weighted by molar-refractivity contribution is 0.818. The highest BCUT2D eigenvalue weighted by atomic mass is 15.1. The topological polar surface area (TPSA) is 40.7 Å². The number of aromatic amines is 1. The summed E-state index contributed by atoms with van der Waals surface area (Å²) >= 11 is 0. The molecule has 1 aromatic heterocycles. The maximum Gasteiger partial charge on any atom is 0.0679 e. The van der Waals surface area contributed by atoms with Crippen LogP contribution < -0.4 is 5.32 Å². The van der Waals surface area contributed by atoms with Gasteiger partial charge in [0, 0.05) is 6.54 Å². The van der Waals surface area contributed by atoms with E-state index >= 15 is 0 Å². The fraction of sp³-hybridized carbons (Fsp3) is 0.250. The molecule has 1 heterocycles. The number of aryl methyl sites for hydroxylation is 1. The Morgan fingerprint density at radius 3 is 2.53 bits per heavy atom. The standard InChI is InChI=1S/C12H15N3/c1-9-7-14-15-12(9)11-5-3-10(4-6-11)8-13-2/h3-7,13H,8H2,1-2H3,(H,14,15). The molecule has 78 valence electrons. The normalized spacial score (nSPS) is 10.5. The average molecular weight is 201 g/mol. The summed E-state index contributed by atoms with van der Waals surface area (Å²) in [7, 11) is 1.95. The van der Waals surface area contributed by atoms with E-state index in [1.807, 2.05) is 13.2 Å². The van der Waals surface area contributed by atoms with E-state index in [0.717, 1.165) is 12.2 Å². The maximum absolute atomic E-state index is 4.02. The van der Waals surface area contributed by atoms with Gasteiger partial charge in [0.05, 0.1) is 11.9 Å². The Kier molecular flexibility index (Phi) is 2.83. The Balaban J connectivity index is 2.28. The molecule has 0 amide bonds. The minimum absolute atomic E-state index is 0.905. The van der Waals surface area contributed by atoms with Crippen LogP contribution in [0.5, 0.6) is 0 Å². The van der Waals surface area contributed by atoms with Gasteiger partial charge in [-0.05, 0) is 30.7 Å². The molecule has 1 aromatic carbocycles. The lowest BCUT2D eigenvalue weighted by atomic mass is 10.1. The number of aromatic nitrogens is 2. The van der Waals surface area contributed by atoms with Crippen molar-refractivity contribution < 1.29 is 0 Å². The molecule has 0 aliphatic heterocycles. The molecule has 0 aliphatic rings. The number of benzene rings is 1. The predicted octanol–water partition coefficient (Wildman–Crippen LogP) is 2.10. The zero-order valence-electron chi connectivity index (χ0n) is 9.04. The molecule has 2 aromatic rings. The number of rotatable bonds is 3. The smallest absolute Gasteiger partial charge is 0.0679 e. The second kappa shape index (κ2) is 4.28. The minimum atomic E-state index is 0.905. The molecule has 0 spiro atoms. The van der Waals surface area contributed by atoms with Crippen LogP contribution in [0.25, 0.3) is 11.3 Å². The Morgan fingerprint density at radius 1 is 1.27 bits per heavy atom. The van der Waals surface area contributed by atoms with Gasteiger partial charge in [0.1, 0.15) is 0 Å². The van der Waals surface area contributed by atoms with E-state index in [0.29, 0.717) is 0 Å². The van der Waals surface area contributed by atoms with Gasteiger partial charge in [-0.3, -0.25) is 5.10 Å². The largest absolute Gasteiger partial charge is 0.316 e. The summed E-state index contributed by atoms with van der Waals surface area (Å²) in [4.78, 5) is 0. The summed E-state index contributed by atoms with van der Waals surface area (Å²) in [6.07, 6.45) is 1.84. The zero-order valence-corrected chi connectivity index (χ0v) is 9.04. The van der Waals surface area contributed by atoms with Crippen molar-refractivity contribution in [1.29, 1.82) is 0 Å². The van der Waals surface area contributed by atoms with Crippen LogP contribution in [0, 0.1) is 6.92 Å². The first kappa shape index (κ1) is 9.93. The third-order valence-corrected chi connectivity index (χ3v) is 2.45. The van der Waals surface area contributed by atoms with Gasteiger partial charge in [-0.15, -0.1) is 0 Å². The van der Waals surface area contributed by atoms with Crippen LogP contribution >= 0.6 is 0 Å². The summed E-state index contributed by atoms with van der Waals surface area (Å²) in [5.74, 6) is 0. The van der Waals surface area contributed by atoms with Gasteiger partial charge < -0.3 is 5.32 Å². The van der Waals surface area contributed by atoms with Crippen LogP contribution in [-0.2, 0) is 6.54 Å². The number of nitrogens with zero attached hydrogens (tertiary/aromatic N) is 1. The van der Waals surface area contributed by atoms with Crippen molar-refractivity contribution >= 4 is 0 Å². The second-order valence-electron chi connectivity index (χ2n) is 3.66. The fourth-order valence-corrected chi connectivity index (χ4v) is 1.63. The zero-order chi connectivity index (χ0) is 10.7. The van der Waals surface area contributed by atoms with Crippen molar-refractivity contribution in [3.63, 3.8) is 0 Å². The molecule has 2 rings (SSSR count). The predicted molar refractivity (Wildman–Crippen MR) is 61.5 cm³/mol. The van der Waals surface area contributed by atoms with Gasteiger partial charge in [0.2, 0.25) is 0 Å². The third-order valence-electron chi connectivity index (χ3n) is 2.45. The Morgan fingerprint density at radius 2 is 2.00 bits per heavy atom. The van der Waals surface area contributed by atoms with Crippen molar-refractivity contribution in [3.05, 3.63) is 41.6 Å². The van der Waals surface area contributed by atoms with Crippen LogP contribution in [0.1, 0.15) is 11.1 Å². The van der Waals surface area contributed by atoms with Gasteiger partial charge in [-0.25, -0.2) is 0 Å². The van der Waals surface area contributed by atoms with Crippen molar-refractivity contribution in [3.8, 4) is 11.3 Å². The molecule has 15 heavy (non-hydrogen) atoms. The van der Waals surface area contributed by atoms with Crippen LogP contribution in [0.2, 0.25) is 0 Å². The van der Waals surface area contributed by atoms with Crippen LogP contribution in [0.4, 0.5) is 0 Å². The van der Waals surface area contributed by atoms with Crippen LogP contribution in [-0.4, -0.2) is 17.2 Å². The SMILES string of the molecule is CNCc1ccc(-c2[nH]ncc2C)cc1. The Hall–Kier alpha value is -1.61. The van der Waals surface area contributed by atoms with Crippen LogP contribution in [0.15, 0.2) is 30.5 Å². The molecule has 0 bridgehead atoms. The first-order chi connectivity index (χ1) is 7.31. The summed E-state index contributed by atoms with van der Waals surface area (Å²) in [5, 5.41) is 10.2. The van der Waals surface area contributed by atoms with Crippen molar-refractivity contribution in [2.24, 2.45) is 0 Å². The van der Waals surface area contributed by atoms with Gasteiger partial charge >= 0.3 is 0 Å². The van der Waals surface area contributed by atoms with Gasteiger partial charge in [0.15, 0.2) is 0 Å². The quantitative estimate of drug-likeness (QED) is 0.798. The van der Waals surface area contributed by atoms with E-state index in [1.54, 1.807) is 0 Å². The molecule has 0 fully saturated rings. The highest BCUT2D eigenvalue weighted by Crippen LogP contribution is 2.20. The van der Waals surface area contributed by atoms with E-state index in [4.69, 9.17) is 0 Å². The van der Waals surface area contributed by atoms with E-state index < -0.39 is 0 Å². The summed E-state index contributed by atoms with van der Waals surface area (Å²) in [5.41, 5.74) is 4.76. The highest BCUT2D eigenvalue weighted by Gasteiger charge is 2.02. The van der Waals surface area contributed by atoms with E-state index in [-0.39, 0.29) is 0 Å². The summed E-state index contributed by atoms with van der Waals surface area (Å²) < 4.78 is 0. The highest BCUT2D eigenvalue weighted by molar-refractivity contribution is 5.62. The molecule has 3 heteroatoms. The molecular formula is C12H15N3. The van der Waals surface area contributed by atoms with Gasteiger partial charge in [-0.2, -0.15) is 5.10 Å². The van der Waals surface area contributed by atoms with Gasteiger partial charge in [-0.1, -0.05) is 24.3 Å². The number of H-pyrrole nitrogens is 1. The molecule has 3 nitrogen and oxygen atoms in total. The molecule has 0 saturated heterocycles. The molecule has 0 unspecified atom stereocenters. The maximum atomic E-state index is 4.02. The summed E-state index contributed by atoms with van der Waals surface area (Å²) in [6, 6.07) is 8.50. The number of hydrogen-bond donors (Lipinski definition) is 2. The second-order valence-corrected chi connectivity index (χ2v) is 3.66. The van der Waals surface area contributed by atoms with E-state index in [2.05, 4.69) is 46.7 Å². The number of hydrogen-bond acceptors (Lipinski definition) is 2. The third kappa shape index (κ3) is 2.07. The molecule has 0 aliphatic carbocycles. The van der Waals surface area contributed by atoms with E-state index in [1.165, 1.54) is 16.7 Å². The first-order valence-corrected chi connectivity index (χ1v) is 5.05. The Bertz CT molecular complexity index is 428. The molecule has 0 saturated carbocycles. The molecule has 0 radical (unpaired) electrons. The first-order valence-electron chi connectivity index (χ1n) is 5.05. The fourth-order valence-electron chi connectivity index (χ4n) is 1.63. The van der Waals surface area contributed by atoms with Crippen molar-refractivity contribution in [1.82, 2.24) is 15.5 Å². The monoisotopic (exact) mass is 201 g/mol. The minimum Gasteiger partial charge on any atom is -0.316 e. The van der Waals surface area contributed by atoms with E-state index in [9.17, 15) is 0 Å². The summed E-state index contributed by atoms with van der Waals surface area (Å²) in [6.45, 7) is 2.96. The Labute approximate surface area is 89.5 Å². The van der Waals surface area contributed by atoms with Gasteiger partial charge in [0.25, 0.3) is 0 Å². The number of nitrogens with one attached hydrogen (secondary N) is 2. The molecule has 2 N–H and O–H groups in total.